The van der Waals surface area contributed by atoms with Gasteiger partial charge in [0.1, 0.15) is 11.5 Å². The molecule has 1 fully saturated rings. The molecule has 0 spiro atoms. The van der Waals surface area contributed by atoms with Crippen LogP contribution in [0.2, 0.25) is 0 Å². The molecule has 7 heteroatoms. The van der Waals surface area contributed by atoms with Crippen LogP contribution in [0.5, 0.6) is 5.75 Å². The van der Waals surface area contributed by atoms with Gasteiger partial charge < -0.3 is 24.5 Å². The van der Waals surface area contributed by atoms with Gasteiger partial charge in [-0.15, -0.1) is 0 Å². The molecule has 7 nitrogen and oxygen atoms in total. The number of ether oxygens (including phenoxy) is 2. The first-order valence-electron chi connectivity index (χ1n) is 11.2. The summed E-state index contributed by atoms with van der Waals surface area (Å²) in [4.78, 5) is 7.43. The summed E-state index contributed by atoms with van der Waals surface area (Å²) in [6, 6.07) is 12.8. The quantitative estimate of drug-likeness (QED) is 0.447. The third-order valence-electron chi connectivity index (χ3n) is 5.65. The molecule has 0 saturated carbocycles. The minimum Gasteiger partial charge on any atom is -0.497 e. The lowest BCUT2D eigenvalue weighted by atomic mass is 10.0. The van der Waals surface area contributed by atoms with Crippen molar-refractivity contribution in [2.45, 2.75) is 38.8 Å². The second-order valence-corrected chi connectivity index (χ2v) is 7.84. The molecule has 1 aromatic heterocycles. The summed E-state index contributed by atoms with van der Waals surface area (Å²) in [5.41, 5.74) is 1.24. The molecule has 0 bridgehead atoms. The molecule has 2 atom stereocenters. The van der Waals surface area contributed by atoms with E-state index in [4.69, 9.17) is 18.9 Å². The molecule has 0 aliphatic carbocycles. The Balaban J connectivity index is 1.71. The highest BCUT2D eigenvalue weighted by molar-refractivity contribution is 5.80. The van der Waals surface area contributed by atoms with Crippen LogP contribution in [-0.4, -0.2) is 63.4 Å². The van der Waals surface area contributed by atoms with Crippen molar-refractivity contribution in [3.05, 3.63) is 54.0 Å². The molecule has 2 heterocycles. The van der Waals surface area contributed by atoms with Crippen LogP contribution in [0.4, 0.5) is 0 Å². The predicted molar refractivity (Wildman–Crippen MR) is 124 cm³/mol. The summed E-state index contributed by atoms with van der Waals surface area (Å²) >= 11 is 0. The van der Waals surface area contributed by atoms with Gasteiger partial charge in [0.25, 0.3) is 0 Å². The highest BCUT2D eigenvalue weighted by Gasteiger charge is 2.23. The van der Waals surface area contributed by atoms with E-state index in [9.17, 15) is 0 Å². The van der Waals surface area contributed by atoms with E-state index in [2.05, 4.69) is 41.5 Å². The number of nitrogens with zero attached hydrogens (tertiary/aromatic N) is 2. The molecule has 2 aromatic rings. The second-order valence-electron chi connectivity index (χ2n) is 7.84. The van der Waals surface area contributed by atoms with Crippen molar-refractivity contribution < 1.29 is 13.9 Å². The number of guanidine groups is 1. The molecule has 3 rings (SSSR count). The fourth-order valence-corrected chi connectivity index (χ4v) is 3.57. The highest BCUT2D eigenvalue weighted by atomic mass is 16.5. The van der Waals surface area contributed by atoms with Crippen molar-refractivity contribution in [3.8, 4) is 5.75 Å². The highest BCUT2D eigenvalue weighted by Crippen LogP contribution is 2.24. The molecular formula is C24H36N4O3. The van der Waals surface area contributed by atoms with Crippen LogP contribution in [0.1, 0.15) is 37.6 Å². The Labute approximate surface area is 185 Å². The van der Waals surface area contributed by atoms with Gasteiger partial charge >= 0.3 is 0 Å². The smallest absolute Gasteiger partial charge is 0.191 e. The van der Waals surface area contributed by atoms with E-state index >= 15 is 0 Å². The lowest BCUT2D eigenvalue weighted by Crippen LogP contribution is -2.44. The SMILES string of the molecule is CCC(C)NC(=NCC(c1ccc(OC)cc1)N1CCOCC1)NCCc1ccco1. The fraction of sp³-hybridized carbons (Fsp3) is 0.542. The molecule has 1 aliphatic rings. The number of benzene rings is 1. The van der Waals surface area contributed by atoms with E-state index in [-0.39, 0.29) is 6.04 Å². The van der Waals surface area contributed by atoms with Crippen LogP contribution in [0.3, 0.4) is 0 Å². The number of methoxy groups -OCH3 is 1. The second kappa shape index (κ2) is 12.4. The Hall–Kier alpha value is -2.51. The number of morpholine rings is 1. The maximum Gasteiger partial charge on any atom is 0.191 e. The molecular weight excluding hydrogens is 392 g/mol. The minimum absolute atomic E-state index is 0.190. The number of rotatable bonds is 10. The van der Waals surface area contributed by atoms with Crippen molar-refractivity contribution in [2.24, 2.45) is 4.99 Å². The van der Waals surface area contributed by atoms with Gasteiger partial charge in [-0.05, 0) is 43.2 Å². The first-order valence-corrected chi connectivity index (χ1v) is 11.2. The first-order chi connectivity index (χ1) is 15.2. The Morgan fingerprint density at radius 3 is 2.61 bits per heavy atom. The van der Waals surface area contributed by atoms with Crippen LogP contribution in [0, 0.1) is 0 Å². The maximum atomic E-state index is 5.57. The third-order valence-corrected chi connectivity index (χ3v) is 5.65. The largest absolute Gasteiger partial charge is 0.497 e. The van der Waals surface area contributed by atoms with Gasteiger partial charge in [-0.1, -0.05) is 19.1 Å². The van der Waals surface area contributed by atoms with Crippen LogP contribution in [-0.2, 0) is 11.2 Å². The Kier molecular flexibility index (Phi) is 9.24. The van der Waals surface area contributed by atoms with Crippen molar-refractivity contribution >= 4 is 5.96 Å². The summed E-state index contributed by atoms with van der Waals surface area (Å²) in [5, 5.41) is 6.99. The molecule has 1 aliphatic heterocycles. The van der Waals surface area contributed by atoms with Crippen LogP contribution >= 0.6 is 0 Å². The van der Waals surface area contributed by atoms with Crippen molar-refractivity contribution in [2.75, 3.05) is 46.5 Å². The number of hydrogen-bond acceptors (Lipinski definition) is 5. The van der Waals surface area contributed by atoms with E-state index in [1.165, 1.54) is 5.56 Å². The van der Waals surface area contributed by atoms with Gasteiger partial charge in [-0.2, -0.15) is 0 Å². The van der Waals surface area contributed by atoms with E-state index in [1.54, 1.807) is 13.4 Å². The van der Waals surface area contributed by atoms with Gasteiger partial charge in [0.15, 0.2) is 5.96 Å². The van der Waals surface area contributed by atoms with Crippen molar-refractivity contribution in [3.63, 3.8) is 0 Å². The van der Waals surface area contributed by atoms with Gasteiger partial charge in [0.05, 0.1) is 39.2 Å². The number of nitrogens with one attached hydrogen (secondary N) is 2. The average molecular weight is 429 g/mol. The zero-order valence-corrected chi connectivity index (χ0v) is 19.0. The molecule has 1 saturated heterocycles. The molecule has 2 N–H and O–H groups in total. The molecule has 1 aromatic carbocycles. The Morgan fingerprint density at radius 1 is 1.19 bits per heavy atom. The summed E-state index contributed by atoms with van der Waals surface area (Å²) in [6.07, 6.45) is 3.56. The molecule has 31 heavy (non-hydrogen) atoms. The summed E-state index contributed by atoms with van der Waals surface area (Å²) in [6.45, 7) is 9.11. The zero-order valence-electron chi connectivity index (χ0n) is 19.0. The standard InChI is InChI=1S/C24H36N4O3/c1-4-19(2)27-24(25-12-11-22-6-5-15-31-22)26-18-23(28-13-16-30-17-14-28)20-7-9-21(29-3)10-8-20/h5-10,15,19,23H,4,11-14,16-18H2,1-3H3,(H2,25,26,27). The van der Waals surface area contributed by atoms with Gasteiger partial charge in [0.2, 0.25) is 0 Å². The Bertz CT molecular complexity index is 771. The number of aliphatic imine (C=N–C) groups is 1. The normalized spacial score (nSPS) is 17.2. The zero-order chi connectivity index (χ0) is 21.9. The molecule has 2 unspecified atom stereocenters. The lowest BCUT2D eigenvalue weighted by molar-refractivity contribution is 0.0179. The van der Waals surface area contributed by atoms with Gasteiger partial charge in [0, 0.05) is 32.1 Å². The van der Waals surface area contributed by atoms with Crippen molar-refractivity contribution in [1.82, 2.24) is 15.5 Å². The summed E-state index contributed by atoms with van der Waals surface area (Å²) < 4.78 is 16.4. The monoisotopic (exact) mass is 428 g/mol. The number of furan rings is 1. The van der Waals surface area contributed by atoms with Crippen molar-refractivity contribution in [1.29, 1.82) is 0 Å². The summed E-state index contributed by atoms with van der Waals surface area (Å²) in [7, 11) is 1.69. The molecule has 0 radical (unpaired) electrons. The molecule has 170 valence electrons. The lowest BCUT2D eigenvalue weighted by Gasteiger charge is -2.34. The fourth-order valence-electron chi connectivity index (χ4n) is 3.57. The summed E-state index contributed by atoms with van der Waals surface area (Å²) in [5.74, 6) is 2.68. The molecule has 0 amide bonds. The predicted octanol–water partition coefficient (Wildman–Crippen LogP) is 3.24. The van der Waals surface area contributed by atoms with Gasteiger partial charge in [-0.25, -0.2) is 0 Å². The van der Waals surface area contributed by atoms with E-state index in [0.717, 1.165) is 63.2 Å². The minimum atomic E-state index is 0.190. The van der Waals surface area contributed by atoms with E-state index in [1.807, 2.05) is 24.3 Å². The average Bonchev–Trinajstić information content (AvgIpc) is 3.33. The van der Waals surface area contributed by atoms with Crippen LogP contribution < -0.4 is 15.4 Å². The Morgan fingerprint density at radius 2 is 1.97 bits per heavy atom. The maximum absolute atomic E-state index is 5.57. The topological polar surface area (TPSA) is 71.3 Å². The van der Waals surface area contributed by atoms with E-state index in [0.29, 0.717) is 12.6 Å². The third kappa shape index (κ3) is 7.29. The van der Waals surface area contributed by atoms with Gasteiger partial charge in [-0.3, -0.25) is 9.89 Å². The van der Waals surface area contributed by atoms with Crippen LogP contribution in [0.15, 0.2) is 52.1 Å². The van der Waals surface area contributed by atoms with Crippen LogP contribution in [0.25, 0.3) is 0 Å². The first kappa shape index (κ1) is 23.2. The number of hydrogen-bond donors (Lipinski definition) is 2. The van der Waals surface area contributed by atoms with E-state index < -0.39 is 0 Å².